The lowest BCUT2D eigenvalue weighted by Gasteiger charge is -2.54. The van der Waals surface area contributed by atoms with E-state index in [4.69, 9.17) is 4.74 Å². The van der Waals surface area contributed by atoms with Gasteiger partial charge in [0, 0.05) is 30.6 Å². The number of nitrogens with one attached hydrogen (secondary N) is 1. The van der Waals surface area contributed by atoms with Crippen LogP contribution < -0.4 is 10.1 Å². The van der Waals surface area contributed by atoms with Gasteiger partial charge >= 0.3 is 0 Å². The summed E-state index contributed by atoms with van der Waals surface area (Å²) in [6, 6.07) is 13.2. The molecule has 4 rings (SSSR count). The molecule has 1 aromatic carbocycles. The number of nitrogens with zero attached hydrogens (tertiary/aromatic N) is 2. The number of sulfonamides is 1. The molecule has 1 spiro atoms. The molecule has 1 unspecified atom stereocenters. The molecular formula is C24H29N3O4S. The zero-order chi connectivity index (χ0) is 22.6. The number of carbonyl (C=O) groups is 1. The molecule has 1 atom stereocenters. The standard InChI is InChI=1S/C24H29N3O4S/c1-2-22(28)26-20-11-15-27(24(17-20)13-6-14-24)32(29,30)21-9-10-23(25-18-21)31-16-12-19-7-4-3-5-8-19/h2-5,7-10,18,20H,1,6,11-17H2,(H,26,28). The van der Waals surface area contributed by atoms with E-state index in [1.165, 1.54) is 17.8 Å². The highest BCUT2D eigenvalue weighted by atomic mass is 32.2. The highest BCUT2D eigenvalue weighted by Gasteiger charge is 2.51. The summed E-state index contributed by atoms with van der Waals surface area (Å²) < 4.78 is 34.2. The van der Waals surface area contributed by atoms with E-state index in [0.717, 1.165) is 25.7 Å². The summed E-state index contributed by atoms with van der Waals surface area (Å²) in [7, 11) is -3.69. The summed E-state index contributed by atoms with van der Waals surface area (Å²) in [5.41, 5.74) is 0.742. The van der Waals surface area contributed by atoms with Crippen molar-refractivity contribution in [2.75, 3.05) is 13.2 Å². The molecule has 2 aliphatic rings. The summed E-state index contributed by atoms with van der Waals surface area (Å²) in [6.45, 7) is 4.34. The molecule has 1 amide bonds. The Hall–Kier alpha value is -2.71. The molecule has 1 saturated carbocycles. The van der Waals surface area contributed by atoms with Gasteiger partial charge < -0.3 is 10.1 Å². The first kappa shape index (κ1) is 22.5. The first-order chi connectivity index (χ1) is 15.4. The fourth-order valence-corrected chi connectivity index (χ4v) is 6.41. The summed E-state index contributed by atoms with van der Waals surface area (Å²) in [4.78, 5) is 16.1. The first-order valence-corrected chi connectivity index (χ1v) is 12.5. The predicted molar refractivity (Wildman–Crippen MR) is 122 cm³/mol. The second-order valence-corrected chi connectivity index (χ2v) is 10.3. The lowest BCUT2D eigenvalue weighted by atomic mass is 9.70. The van der Waals surface area contributed by atoms with Crippen LogP contribution in [0.5, 0.6) is 5.88 Å². The number of piperidine rings is 1. The van der Waals surface area contributed by atoms with Gasteiger partial charge in [-0.25, -0.2) is 13.4 Å². The fourth-order valence-electron chi connectivity index (χ4n) is 4.62. The number of aromatic nitrogens is 1. The number of carbonyl (C=O) groups excluding carboxylic acids is 1. The zero-order valence-electron chi connectivity index (χ0n) is 18.1. The Morgan fingerprint density at radius 1 is 1.25 bits per heavy atom. The molecule has 0 radical (unpaired) electrons. The molecule has 8 heteroatoms. The van der Waals surface area contributed by atoms with Crippen LogP contribution in [-0.4, -0.2) is 48.3 Å². The smallest absolute Gasteiger partial charge is 0.245 e. The van der Waals surface area contributed by atoms with Crippen LogP contribution in [0.4, 0.5) is 0 Å². The van der Waals surface area contributed by atoms with Gasteiger partial charge in [0.15, 0.2) is 0 Å². The van der Waals surface area contributed by atoms with Gasteiger partial charge in [0.1, 0.15) is 4.90 Å². The Morgan fingerprint density at radius 3 is 2.66 bits per heavy atom. The Morgan fingerprint density at radius 2 is 2.03 bits per heavy atom. The van der Waals surface area contributed by atoms with Crippen molar-refractivity contribution in [3.05, 3.63) is 66.9 Å². The highest BCUT2D eigenvalue weighted by molar-refractivity contribution is 7.89. The molecule has 170 valence electrons. The predicted octanol–water partition coefficient (Wildman–Crippen LogP) is 3.08. The molecule has 0 bridgehead atoms. The summed E-state index contributed by atoms with van der Waals surface area (Å²) in [5.74, 6) is 0.192. The third-order valence-corrected chi connectivity index (χ3v) is 8.42. The summed E-state index contributed by atoms with van der Waals surface area (Å²) in [5, 5.41) is 2.94. The van der Waals surface area contributed by atoms with Crippen molar-refractivity contribution in [3.8, 4) is 5.88 Å². The minimum Gasteiger partial charge on any atom is -0.477 e. The highest BCUT2D eigenvalue weighted by Crippen LogP contribution is 2.46. The number of benzene rings is 1. The van der Waals surface area contributed by atoms with Gasteiger partial charge in [-0.1, -0.05) is 36.9 Å². The van der Waals surface area contributed by atoms with Gasteiger partial charge in [-0.3, -0.25) is 4.79 Å². The van der Waals surface area contributed by atoms with Crippen LogP contribution in [0.2, 0.25) is 0 Å². The van der Waals surface area contributed by atoms with Gasteiger partial charge in [-0.15, -0.1) is 0 Å². The lowest BCUT2D eigenvalue weighted by Crippen LogP contribution is -2.63. The molecule has 1 aliphatic heterocycles. The normalized spacial score (nSPS) is 20.3. The molecule has 2 aromatic rings. The minimum absolute atomic E-state index is 0.0363. The topological polar surface area (TPSA) is 88.6 Å². The van der Waals surface area contributed by atoms with Gasteiger partial charge in [-0.05, 0) is 49.8 Å². The largest absolute Gasteiger partial charge is 0.477 e. The maximum absolute atomic E-state index is 13.4. The molecule has 1 saturated heterocycles. The van der Waals surface area contributed by atoms with E-state index >= 15 is 0 Å². The summed E-state index contributed by atoms with van der Waals surface area (Å²) in [6.07, 6.45) is 7.19. The van der Waals surface area contributed by atoms with E-state index < -0.39 is 15.6 Å². The van der Waals surface area contributed by atoms with E-state index in [0.29, 0.717) is 31.9 Å². The molecule has 2 heterocycles. The maximum atomic E-state index is 13.4. The van der Waals surface area contributed by atoms with Crippen LogP contribution in [0.1, 0.15) is 37.7 Å². The third-order valence-electron chi connectivity index (χ3n) is 6.43. The van der Waals surface area contributed by atoms with Crippen molar-refractivity contribution >= 4 is 15.9 Å². The molecule has 7 nitrogen and oxygen atoms in total. The Bertz CT molecular complexity index is 1050. The minimum atomic E-state index is -3.69. The third kappa shape index (κ3) is 4.71. The number of rotatable bonds is 8. The van der Waals surface area contributed by atoms with Crippen molar-refractivity contribution in [2.24, 2.45) is 0 Å². The second kappa shape index (κ2) is 9.42. The Balaban J connectivity index is 1.41. The summed E-state index contributed by atoms with van der Waals surface area (Å²) >= 11 is 0. The van der Waals surface area contributed by atoms with E-state index in [1.54, 1.807) is 16.4 Å². The first-order valence-electron chi connectivity index (χ1n) is 11.0. The van der Waals surface area contributed by atoms with Crippen LogP contribution in [-0.2, 0) is 21.2 Å². The number of ether oxygens (including phenoxy) is 1. The monoisotopic (exact) mass is 455 g/mol. The number of hydrogen-bond acceptors (Lipinski definition) is 5. The van der Waals surface area contributed by atoms with Crippen molar-refractivity contribution in [1.82, 2.24) is 14.6 Å². The van der Waals surface area contributed by atoms with E-state index in [1.807, 2.05) is 30.3 Å². The number of amides is 1. The van der Waals surface area contributed by atoms with Crippen molar-refractivity contribution in [2.45, 2.75) is 55.0 Å². The maximum Gasteiger partial charge on any atom is 0.245 e. The molecule has 1 aromatic heterocycles. The quantitative estimate of drug-likeness (QED) is 0.618. The second-order valence-electron chi connectivity index (χ2n) is 8.47. The lowest BCUT2D eigenvalue weighted by molar-refractivity contribution is -0.117. The van der Waals surface area contributed by atoms with Gasteiger partial charge in [0.05, 0.1) is 12.8 Å². The fraction of sp³-hybridized carbons (Fsp3) is 0.417. The number of pyridine rings is 1. The Kier molecular flexibility index (Phi) is 6.62. The zero-order valence-corrected chi connectivity index (χ0v) is 18.9. The van der Waals surface area contributed by atoms with Crippen LogP contribution in [0.25, 0.3) is 0 Å². The van der Waals surface area contributed by atoms with Gasteiger partial charge in [0.2, 0.25) is 21.8 Å². The van der Waals surface area contributed by atoms with Crippen LogP contribution >= 0.6 is 0 Å². The molecule has 2 fully saturated rings. The SMILES string of the molecule is C=CC(=O)NC1CCN(S(=O)(=O)c2ccc(OCCc3ccccc3)nc2)C2(CCC2)C1. The molecular weight excluding hydrogens is 426 g/mol. The molecule has 1 aliphatic carbocycles. The van der Waals surface area contributed by atoms with Crippen LogP contribution in [0.3, 0.4) is 0 Å². The average molecular weight is 456 g/mol. The van der Waals surface area contributed by atoms with Crippen LogP contribution in [0, 0.1) is 0 Å². The van der Waals surface area contributed by atoms with Crippen molar-refractivity contribution in [3.63, 3.8) is 0 Å². The van der Waals surface area contributed by atoms with E-state index in [2.05, 4.69) is 16.9 Å². The van der Waals surface area contributed by atoms with Crippen molar-refractivity contribution in [1.29, 1.82) is 0 Å². The van der Waals surface area contributed by atoms with E-state index in [-0.39, 0.29) is 16.8 Å². The molecule has 1 N–H and O–H groups in total. The van der Waals surface area contributed by atoms with Crippen molar-refractivity contribution < 1.29 is 17.9 Å². The van der Waals surface area contributed by atoms with Gasteiger partial charge in [-0.2, -0.15) is 4.31 Å². The van der Waals surface area contributed by atoms with Crippen LogP contribution in [0.15, 0.2) is 66.2 Å². The Labute approximate surface area is 189 Å². The van der Waals surface area contributed by atoms with Gasteiger partial charge in [0.25, 0.3) is 0 Å². The number of hydrogen-bond donors (Lipinski definition) is 1. The van der Waals surface area contributed by atoms with E-state index in [9.17, 15) is 13.2 Å². The molecule has 32 heavy (non-hydrogen) atoms. The average Bonchev–Trinajstić information content (AvgIpc) is 2.79.